The first-order valence-electron chi connectivity index (χ1n) is 7.20. The molecule has 0 aromatic carbocycles. The van der Waals surface area contributed by atoms with Crippen LogP contribution in [0.15, 0.2) is 12.1 Å². The Morgan fingerprint density at radius 2 is 1.60 bits per heavy atom. The highest BCUT2D eigenvalue weighted by Crippen LogP contribution is 2.38. The molecule has 0 saturated carbocycles. The highest BCUT2D eigenvalue weighted by atomic mass is 32.1. The van der Waals surface area contributed by atoms with Crippen molar-refractivity contribution in [3.63, 3.8) is 0 Å². The van der Waals surface area contributed by atoms with Crippen molar-refractivity contribution < 1.29 is 9.31 Å². The molecule has 5 heteroatoms. The van der Waals surface area contributed by atoms with E-state index in [4.69, 9.17) is 9.31 Å². The van der Waals surface area contributed by atoms with Gasteiger partial charge >= 0.3 is 7.12 Å². The fraction of sp³-hybridized carbons (Fsp3) is 0.600. The van der Waals surface area contributed by atoms with E-state index in [-0.39, 0.29) is 18.3 Å². The van der Waals surface area contributed by atoms with Gasteiger partial charge in [0, 0.05) is 19.1 Å². The Hall–Kier alpha value is -0.355. The molecule has 108 valence electrons. The van der Waals surface area contributed by atoms with Crippen LogP contribution in [0.3, 0.4) is 0 Å². The van der Waals surface area contributed by atoms with Gasteiger partial charge in [-0.25, -0.2) is 0 Å². The average molecular weight is 308 g/mol. The van der Waals surface area contributed by atoms with E-state index in [9.17, 15) is 0 Å². The highest BCUT2D eigenvalue weighted by molar-refractivity contribution is 7.33. The van der Waals surface area contributed by atoms with Crippen LogP contribution in [0.2, 0.25) is 0 Å². The lowest BCUT2D eigenvalue weighted by molar-refractivity contribution is 0.00578. The predicted octanol–water partition coefficient (Wildman–Crippen LogP) is 4.21. The molecule has 2 nitrogen and oxygen atoms in total. The van der Waals surface area contributed by atoms with Gasteiger partial charge in [0.15, 0.2) is 0 Å². The predicted molar refractivity (Wildman–Crippen MR) is 89.4 cm³/mol. The Morgan fingerprint density at radius 1 is 1.00 bits per heavy atom. The summed E-state index contributed by atoms with van der Waals surface area (Å²) in [7, 11) is -0.223. The van der Waals surface area contributed by atoms with E-state index >= 15 is 0 Å². The molecule has 1 aliphatic heterocycles. The number of aryl methyl sites for hydroxylation is 1. The Morgan fingerprint density at radius 3 is 2.15 bits per heavy atom. The summed E-state index contributed by atoms with van der Waals surface area (Å²) in [5.41, 5.74) is -0.523. The second-order valence-electron chi connectivity index (χ2n) is 6.43. The maximum absolute atomic E-state index is 6.12. The molecule has 20 heavy (non-hydrogen) atoms. The van der Waals surface area contributed by atoms with Crippen LogP contribution < -0.4 is 4.78 Å². The molecule has 3 heterocycles. The van der Waals surface area contributed by atoms with Crippen LogP contribution in [0.25, 0.3) is 9.40 Å². The Balaban J connectivity index is 1.87. The number of rotatable bonds is 3. The van der Waals surface area contributed by atoms with Crippen LogP contribution in [0, 0.1) is 0 Å². The van der Waals surface area contributed by atoms with Crippen LogP contribution >= 0.6 is 22.7 Å². The van der Waals surface area contributed by atoms with Crippen LogP contribution in [-0.4, -0.2) is 18.3 Å². The van der Waals surface area contributed by atoms with E-state index in [1.807, 2.05) is 11.3 Å². The summed E-state index contributed by atoms with van der Waals surface area (Å²) in [6.45, 7) is 10.6. The molecule has 0 amide bonds. The summed E-state index contributed by atoms with van der Waals surface area (Å²) in [5.74, 6) is 0. The van der Waals surface area contributed by atoms with Crippen LogP contribution in [0.4, 0.5) is 0 Å². The zero-order valence-electron chi connectivity index (χ0n) is 12.8. The van der Waals surface area contributed by atoms with E-state index in [1.54, 1.807) is 11.3 Å². The molecule has 0 spiro atoms. The topological polar surface area (TPSA) is 18.5 Å². The maximum Gasteiger partial charge on any atom is 0.505 e. The van der Waals surface area contributed by atoms with Crippen molar-refractivity contribution in [2.45, 2.75) is 58.7 Å². The summed E-state index contributed by atoms with van der Waals surface area (Å²) in [6.07, 6.45) is 2.38. The Bertz CT molecular complexity index is 579. The first kappa shape index (κ1) is 14.6. The fourth-order valence-electron chi connectivity index (χ4n) is 2.35. The van der Waals surface area contributed by atoms with Crippen molar-refractivity contribution in [2.24, 2.45) is 0 Å². The molecule has 0 radical (unpaired) electrons. The third kappa shape index (κ3) is 2.35. The van der Waals surface area contributed by atoms with Crippen molar-refractivity contribution in [3.8, 4) is 0 Å². The second kappa shape index (κ2) is 4.84. The van der Waals surface area contributed by atoms with Crippen molar-refractivity contribution in [1.29, 1.82) is 0 Å². The second-order valence-corrected chi connectivity index (χ2v) is 8.71. The Kier molecular flexibility index (Phi) is 3.52. The molecule has 0 atom stereocenters. The largest absolute Gasteiger partial charge is 0.505 e. The van der Waals surface area contributed by atoms with Crippen molar-refractivity contribution in [3.05, 3.63) is 17.0 Å². The van der Waals surface area contributed by atoms with Gasteiger partial charge in [0.05, 0.1) is 11.2 Å². The van der Waals surface area contributed by atoms with Crippen LogP contribution in [0.5, 0.6) is 0 Å². The summed E-state index contributed by atoms with van der Waals surface area (Å²) in [5, 5.41) is 0. The molecule has 1 aliphatic rings. The zero-order valence-corrected chi connectivity index (χ0v) is 14.4. The lowest BCUT2D eigenvalue weighted by Gasteiger charge is -2.32. The number of hydrogen-bond acceptors (Lipinski definition) is 4. The SMILES string of the molecule is CCCc1cc2sc(B3OC(C)(C)C(C)(C)O3)cc2s1. The van der Waals surface area contributed by atoms with Gasteiger partial charge in [-0.3, -0.25) is 0 Å². The first-order valence-corrected chi connectivity index (χ1v) is 8.83. The van der Waals surface area contributed by atoms with Gasteiger partial charge in [-0.15, -0.1) is 22.7 Å². The van der Waals surface area contributed by atoms with Gasteiger partial charge in [0.25, 0.3) is 0 Å². The molecule has 1 fully saturated rings. The fourth-order valence-corrected chi connectivity index (χ4v) is 4.84. The van der Waals surface area contributed by atoms with Gasteiger partial charge in [0.1, 0.15) is 0 Å². The number of thiophene rings is 2. The maximum atomic E-state index is 6.12. The van der Waals surface area contributed by atoms with Gasteiger partial charge in [-0.2, -0.15) is 0 Å². The Labute approximate surface area is 129 Å². The van der Waals surface area contributed by atoms with Crippen LogP contribution in [0.1, 0.15) is 45.9 Å². The summed E-state index contributed by atoms with van der Waals surface area (Å²) < 4.78 is 16.2. The standard InChI is InChI=1S/C15H21BO2S2/c1-6-7-10-8-11-12(19-10)9-13(20-11)16-17-14(2,3)15(4,5)18-16/h8-9H,6-7H2,1-5H3. The monoisotopic (exact) mass is 308 g/mol. The summed E-state index contributed by atoms with van der Waals surface area (Å²) in [4.78, 5) is 1.48. The molecule has 0 bridgehead atoms. The lowest BCUT2D eigenvalue weighted by atomic mass is 9.88. The van der Waals surface area contributed by atoms with Gasteiger partial charge in [0.2, 0.25) is 0 Å². The van der Waals surface area contributed by atoms with E-state index in [0.29, 0.717) is 0 Å². The normalized spacial score (nSPS) is 20.9. The van der Waals surface area contributed by atoms with E-state index in [1.165, 1.54) is 31.9 Å². The van der Waals surface area contributed by atoms with Gasteiger partial charge < -0.3 is 9.31 Å². The molecule has 1 saturated heterocycles. The summed E-state index contributed by atoms with van der Waals surface area (Å²) in [6, 6.07) is 4.56. The molecule has 0 N–H and O–H groups in total. The zero-order chi connectivity index (χ0) is 14.5. The molecule has 0 aliphatic carbocycles. The molecular formula is C15H21BO2S2. The molecule has 2 aromatic heterocycles. The van der Waals surface area contributed by atoms with E-state index < -0.39 is 0 Å². The third-order valence-electron chi connectivity index (χ3n) is 4.26. The smallest absolute Gasteiger partial charge is 0.399 e. The quantitative estimate of drug-likeness (QED) is 0.791. The number of hydrogen-bond donors (Lipinski definition) is 0. The average Bonchev–Trinajstić information content (AvgIpc) is 2.90. The molecule has 0 unspecified atom stereocenters. The van der Waals surface area contributed by atoms with Crippen molar-refractivity contribution in [1.82, 2.24) is 0 Å². The van der Waals surface area contributed by atoms with Crippen molar-refractivity contribution in [2.75, 3.05) is 0 Å². The minimum absolute atomic E-state index is 0.223. The highest BCUT2D eigenvalue weighted by Gasteiger charge is 2.52. The van der Waals surface area contributed by atoms with Gasteiger partial charge in [-0.05, 0) is 46.2 Å². The minimum Gasteiger partial charge on any atom is -0.399 e. The van der Waals surface area contributed by atoms with E-state index in [2.05, 4.69) is 46.8 Å². The minimum atomic E-state index is -0.261. The number of fused-ring (bicyclic) bond motifs is 1. The van der Waals surface area contributed by atoms with Gasteiger partial charge in [-0.1, -0.05) is 13.3 Å². The van der Waals surface area contributed by atoms with Crippen molar-refractivity contribution >= 4 is 44.0 Å². The third-order valence-corrected chi connectivity index (χ3v) is 6.63. The lowest BCUT2D eigenvalue weighted by Crippen LogP contribution is -2.41. The molecule has 2 aromatic rings. The van der Waals surface area contributed by atoms with E-state index in [0.717, 1.165) is 0 Å². The molecule has 3 rings (SSSR count). The molecular weight excluding hydrogens is 287 g/mol. The first-order chi connectivity index (χ1) is 9.32. The summed E-state index contributed by atoms with van der Waals surface area (Å²) >= 11 is 3.70. The van der Waals surface area contributed by atoms with Crippen LogP contribution in [-0.2, 0) is 15.7 Å².